The monoisotopic (exact) mass is 490 g/mol. The van der Waals surface area contributed by atoms with Gasteiger partial charge in [0.2, 0.25) is 0 Å². The average Bonchev–Trinajstić information content (AvgIpc) is 3.23. The van der Waals surface area contributed by atoms with Crippen molar-refractivity contribution in [3.05, 3.63) is 78.0 Å². The average molecular weight is 490 g/mol. The first-order valence-electron chi connectivity index (χ1n) is 9.10. The molecule has 1 atom stereocenters. The van der Waals surface area contributed by atoms with E-state index in [9.17, 15) is 0 Å². The number of guanidine groups is 1. The summed E-state index contributed by atoms with van der Waals surface area (Å²) >= 11 is 0. The van der Waals surface area contributed by atoms with Crippen molar-refractivity contribution in [1.82, 2.24) is 25.2 Å². The van der Waals surface area contributed by atoms with Crippen LogP contribution in [0.4, 0.5) is 0 Å². The molecule has 7 heteroatoms. The molecule has 3 rings (SSSR count). The highest BCUT2D eigenvalue weighted by molar-refractivity contribution is 14.0. The number of benzene rings is 1. The van der Waals surface area contributed by atoms with Crippen molar-refractivity contribution in [3.63, 3.8) is 0 Å². The molecule has 1 aromatic carbocycles. The highest BCUT2D eigenvalue weighted by Crippen LogP contribution is 2.15. The Morgan fingerprint density at radius 2 is 2.07 bits per heavy atom. The van der Waals surface area contributed by atoms with E-state index >= 15 is 0 Å². The number of pyridine rings is 1. The van der Waals surface area contributed by atoms with Gasteiger partial charge in [0, 0.05) is 38.7 Å². The normalized spacial score (nSPS) is 12.2. The summed E-state index contributed by atoms with van der Waals surface area (Å²) in [4.78, 5) is 12.8. The van der Waals surface area contributed by atoms with Crippen LogP contribution in [-0.2, 0) is 6.54 Å². The van der Waals surface area contributed by atoms with Gasteiger partial charge >= 0.3 is 0 Å². The molecule has 0 aliphatic carbocycles. The third-order valence-corrected chi connectivity index (χ3v) is 4.45. The van der Waals surface area contributed by atoms with Crippen molar-refractivity contribution < 1.29 is 0 Å². The minimum atomic E-state index is 0. The van der Waals surface area contributed by atoms with Crippen molar-refractivity contribution in [1.29, 1.82) is 0 Å². The molecule has 0 bridgehead atoms. The Morgan fingerprint density at radius 3 is 2.71 bits per heavy atom. The number of aromatic nitrogens is 3. The van der Waals surface area contributed by atoms with Gasteiger partial charge in [0.05, 0.1) is 0 Å². The molecule has 2 N–H and O–H groups in total. The Kier molecular flexibility index (Phi) is 8.43. The predicted molar refractivity (Wildman–Crippen MR) is 125 cm³/mol. The van der Waals surface area contributed by atoms with Crippen LogP contribution in [0.5, 0.6) is 0 Å². The lowest BCUT2D eigenvalue weighted by Crippen LogP contribution is -2.38. The van der Waals surface area contributed by atoms with E-state index in [4.69, 9.17) is 0 Å². The molecular formula is C21H27IN6. The van der Waals surface area contributed by atoms with Crippen LogP contribution in [0.25, 0.3) is 5.82 Å². The van der Waals surface area contributed by atoms with Crippen LogP contribution < -0.4 is 10.6 Å². The Bertz CT molecular complexity index is 874. The van der Waals surface area contributed by atoms with Gasteiger partial charge in [-0.05, 0) is 30.0 Å². The third-order valence-electron chi connectivity index (χ3n) is 4.45. The second kappa shape index (κ2) is 10.8. The van der Waals surface area contributed by atoms with E-state index in [1.807, 2.05) is 23.0 Å². The fraction of sp³-hybridized carbons (Fsp3) is 0.286. The topological polar surface area (TPSA) is 67.1 Å². The lowest BCUT2D eigenvalue weighted by atomic mass is 9.99. The number of halogens is 1. The maximum Gasteiger partial charge on any atom is 0.191 e. The molecule has 0 saturated heterocycles. The number of aliphatic imine (C=N–C) groups is 1. The quantitative estimate of drug-likeness (QED) is 0.315. The number of rotatable bonds is 6. The minimum absolute atomic E-state index is 0. The van der Waals surface area contributed by atoms with Crippen LogP contribution in [-0.4, -0.2) is 34.1 Å². The maximum absolute atomic E-state index is 4.47. The molecule has 0 amide bonds. The van der Waals surface area contributed by atoms with Crippen molar-refractivity contribution >= 4 is 29.9 Å². The molecule has 0 aliphatic rings. The molecule has 6 nitrogen and oxygen atoms in total. The lowest BCUT2D eigenvalue weighted by Gasteiger charge is -2.17. The molecule has 28 heavy (non-hydrogen) atoms. The molecule has 148 valence electrons. The molecule has 2 heterocycles. The summed E-state index contributed by atoms with van der Waals surface area (Å²) in [5.74, 6) is 2.04. The summed E-state index contributed by atoms with van der Waals surface area (Å²) in [6, 6.07) is 12.7. The van der Waals surface area contributed by atoms with Gasteiger partial charge in [0.15, 0.2) is 5.96 Å². The Morgan fingerprint density at radius 1 is 1.21 bits per heavy atom. The summed E-state index contributed by atoms with van der Waals surface area (Å²) in [6.45, 7) is 5.82. The van der Waals surface area contributed by atoms with E-state index in [0.717, 1.165) is 23.9 Å². The van der Waals surface area contributed by atoms with Gasteiger partial charge in [0.1, 0.15) is 12.1 Å². The SMILES string of the molecule is CN=C(NCc1ccc(-n2ccnc2)nc1)NCC(C)c1cccc(C)c1.I. The summed E-state index contributed by atoms with van der Waals surface area (Å²) in [5, 5.41) is 6.74. The summed E-state index contributed by atoms with van der Waals surface area (Å²) < 4.78 is 1.88. The van der Waals surface area contributed by atoms with Gasteiger partial charge in [-0.2, -0.15) is 0 Å². The zero-order valence-electron chi connectivity index (χ0n) is 16.5. The Hall–Kier alpha value is -2.42. The van der Waals surface area contributed by atoms with Crippen molar-refractivity contribution in [3.8, 4) is 5.82 Å². The molecule has 2 aromatic heterocycles. The first-order valence-corrected chi connectivity index (χ1v) is 9.10. The number of nitrogens with one attached hydrogen (secondary N) is 2. The fourth-order valence-electron chi connectivity index (χ4n) is 2.82. The van der Waals surface area contributed by atoms with Gasteiger partial charge in [0.25, 0.3) is 0 Å². The Labute approximate surface area is 183 Å². The van der Waals surface area contributed by atoms with Crippen LogP contribution in [0, 0.1) is 6.92 Å². The van der Waals surface area contributed by atoms with Gasteiger partial charge < -0.3 is 10.6 Å². The summed E-state index contributed by atoms with van der Waals surface area (Å²) in [7, 11) is 1.78. The second-order valence-electron chi connectivity index (χ2n) is 6.62. The van der Waals surface area contributed by atoms with E-state index in [0.29, 0.717) is 12.5 Å². The molecule has 1 unspecified atom stereocenters. The van der Waals surface area contributed by atoms with E-state index in [2.05, 4.69) is 69.8 Å². The van der Waals surface area contributed by atoms with Crippen LogP contribution in [0.1, 0.15) is 29.5 Å². The number of imidazole rings is 1. The highest BCUT2D eigenvalue weighted by Gasteiger charge is 2.07. The smallest absolute Gasteiger partial charge is 0.191 e. The molecule has 0 radical (unpaired) electrons. The molecule has 0 spiro atoms. The molecular weight excluding hydrogens is 463 g/mol. The second-order valence-corrected chi connectivity index (χ2v) is 6.62. The van der Waals surface area contributed by atoms with Gasteiger partial charge in [-0.25, -0.2) is 9.97 Å². The number of nitrogens with zero attached hydrogens (tertiary/aromatic N) is 4. The van der Waals surface area contributed by atoms with Crippen molar-refractivity contribution in [2.24, 2.45) is 4.99 Å². The number of aryl methyl sites for hydroxylation is 1. The highest BCUT2D eigenvalue weighted by atomic mass is 127. The first-order chi connectivity index (χ1) is 13.2. The minimum Gasteiger partial charge on any atom is -0.356 e. The predicted octanol–water partition coefficient (Wildman–Crippen LogP) is 3.66. The van der Waals surface area contributed by atoms with Gasteiger partial charge in [-0.3, -0.25) is 9.56 Å². The summed E-state index contributed by atoms with van der Waals surface area (Å²) in [5.41, 5.74) is 3.71. The van der Waals surface area contributed by atoms with E-state index in [1.54, 1.807) is 19.6 Å². The zero-order chi connectivity index (χ0) is 19.1. The molecule has 3 aromatic rings. The summed E-state index contributed by atoms with van der Waals surface area (Å²) in [6.07, 6.45) is 7.22. The largest absolute Gasteiger partial charge is 0.356 e. The van der Waals surface area contributed by atoms with E-state index < -0.39 is 0 Å². The van der Waals surface area contributed by atoms with Crippen LogP contribution in [0.15, 0.2) is 66.3 Å². The third kappa shape index (κ3) is 6.05. The van der Waals surface area contributed by atoms with E-state index in [1.165, 1.54) is 11.1 Å². The van der Waals surface area contributed by atoms with Crippen LogP contribution in [0.3, 0.4) is 0 Å². The van der Waals surface area contributed by atoms with Crippen LogP contribution >= 0.6 is 24.0 Å². The molecule has 0 fully saturated rings. The van der Waals surface area contributed by atoms with Crippen LogP contribution in [0.2, 0.25) is 0 Å². The van der Waals surface area contributed by atoms with Crippen molar-refractivity contribution in [2.45, 2.75) is 26.3 Å². The lowest BCUT2D eigenvalue weighted by molar-refractivity contribution is 0.698. The van der Waals surface area contributed by atoms with Gasteiger partial charge in [-0.1, -0.05) is 42.8 Å². The van der Waals surface area contributed by atoms with E-state index in [-0.39, 0.29) is 24.0 Å². The fourth-order valence-corrected chi connectivity index (χ4v) is 2.82. The first kappa shape index (κ1) is 21.9. The Balaban J connectivity index is 0.00000280. The molecule has 0 saturated carbocycles. The number of hydrogen-bond acceptors (Lipinski definition) is 3. The zero-order valence-corrected chi connectivity index (χ0v) is 18.8. The van der Waals surface area contributed by atoms with Gasteiger partial charge in [-0.15, -0.1) is 24.0 Å². The maximum atomic E-state index is 4.47. The number of hydrogen-bond donors (Lipinski definition) is 2. The molecule has 0 aliphatic heterocycles. The van der Waals surface area contributed by atoms with Crippen molar-refractivity contribution in [2.75, 3.05) is 13.6 Å². The standard InChI is InChI=1S/C21H26N6.HI/c1-16-5-4-6-19(11-16)17(2)12-25-21(22-3)26-14-18-7-8-20(24-13-18)27-10-9-23-15-27;/h4-11,13,15,17H,12,14H2,1-3H3,(H2,22,25,26);1H.